The zero-order valence-electron chi connectivity index (χ0n) is 17.1. The first-order chi connectivity index (χ1) is 15.2. The van der Waals surface area contributed by atoms with Gasteiger partial charge in [0.05, 0.1) is 18.6 Å². The molecule has 0 saturated heterocycles. The number of carbonyl (C=O) groups is 1. The van der Waals surface area contributed by atoms with Crippen LogP contribution in [0.25, 0.3) is 10.9 Å². The second-order valence-corrected chi connectivity index (χ2v) is 7.53. The Hall–Kier alpha value is -3.87. The van der Waals surface area contributed by atoms with Gasteiger partial charge in [0.1, 0.15) is 18.1 Å². The van der Waals surface area contributed by atoms with Gasteiger partial charge in [0.2, 0.25) is 0 Å². The van der Waals surface area contributed by atoms with Crippen LogP contribution in [0.1, 0.15) is 16.3 Å². The minimum absolute atomic E-state index is 0.170. The molecule has 0 spiro atoms. The van der Waals surface area contributed by atoms with E-state index in [-0.39, 0.29) is 12.0 Å². The molecule has 0 aliphatic carbocycles. The predicted octanol–water partition coefficient (Wildman–Crippen LogP) is 3.45. The van der Waals surface area contributed by atoms with Gasteiger partial charge >= 0.3 is 0 Å². The van der Waals surface area contributed by atoms with Gasteiger partial charge in [-0.15, -0.1) is 0 Å². The normalized spacial score (nSPS) is 15.1. The first kappa shape index (κ1) is 19.1. The van der Waals surface area contributed by atoms with E-state index in [1.165, 1.54) is 0 Å². The number of nitrogens with zero attached hydrogens (tertiary/aromatic N) is 4. The van der Waals surface area contributed by atoms with Crippen molar-refractivity contribution in [3.8, 4) is 11.5 Å². The van der Waals surface area contributed by atoms with Gasteiger partial charge in [0, 0.05) is 24.8 Å². The van der Waals surface area contributed by atoms with Crippen molar-refractivity contribution in [2.24, 2.45) is 7.05 Å². The highest BCUT2D eigenvalue weighted by Gasteiger charge is 2.27. The van der Waals surface area contributed by atoms with E-state index < -0.39 is 0 Å². The molecule has 1 amide bonds. The molecule has 1 aliphatic heterocycles. The lowest BCUT2D eigenvalue weighted by Gasteiger charge is -2.31. The van der Waals surface area contributed by atoms with Crippen LogP contribution in [0.15, 0.2) is 73.1 Å². The molecule has 0 unspecified atom stereocenters. The zero-order valence-corrected chi connectivity index (χ0v) is 17.1. The fourth-order valence-corrected chi connectivity index (χ4v) is 3.68. The number of aryl methyl sites for hydroxylation is 1. The number of rotatable bonds is 5. The average molecular weight is 414 g/mol. The van der Waals surface area contributed by atoms with E-state index in [4.69, 9.17) is 9.47 Å². The Balaban J connectivity index is 1.42. The summed E-state index contributed by atoms with van der Waals surface area (Å²) in [5, 5.41) is 0.996. The Morgan fingerprint density at radius 1 is 1.10 bits per heavy atom. The molecule has 1 aliphatic rings. The van der Waals surface area contributed by atoms with E-state index in [0.717, 1.165) is 22.5 Å². The van der Waals surface area contributed by atoms with Crippen LogP contribution in [0.4, 0.5) is 0 Å². The first-order valence-electron chi connectivity index (χ1n) is 10.2. The van der Waals surface area contributed by atoms with E-state index in [2.05, 4.69) is 9.97 Å². The number of fused-ring (bicyclic) bond motifs is 2. The quantitative estimate of drug-likeness (QED) is 0.500. The summed E-state index contributed by atoms with van der Waals surface area (Å²) < 4.78 is 13.8. The van der Waals surface area contributed by atoms with E-state index in [1.807, 2.05) is 72.4 Å². The summed E-state index contributed by atoms with van der Waals surface area (Å²) in [4.78, 5) is 24.2. The summed E-state index contributed by atoms with van der Waals surface area (Å²) in [7, 11) is 1.91. The Labute approximate surface area is 179 Å². The summed E-state index contributed by atoms with van der Waals surface area (Å²) in [5.41, 5.74) is 1.18. The van der Waals surface area contributed by atoms with Crippen molar-refractivity contribution in [2.45, 2.75) is 12.6 Å². The van der Waals surface area contributed by atoms with E-state index in [9.17, 15) is 4.79 Å². The smallest absolute Gasteiger partial charge is 0.273 e. The molecular weight excluding hydrogens is 392 g/mol. The molecule has 1 atom stereocenters. The van der Waals surface area contributed by atoms with Gasteiger partial charge in [-0.3, -0.25) is 4.79 Å². The SMILES string of the molecule is Cn1ccnc1CN(C[C@@H]1COc2ccccc2O1)C(=O)c1ccc2ccccc2n1. The molecule has 0 radical (unpaired) electrons. The number of hydrogen-bond acceptors (Lipinski definition) is 5. The summed E-state index contributed by atoms with van der Waals surface area (Å²) >= 11 is 0. The molecule has 0 fully saturated rings. The lowest BCUT2D eigenvalue weighted by atomic mass is 10.2. The molecule has 7 heteroatoms. The summed E-state index contributed by atoms with van der Waals surface area (Å²) in [6.45, 7) is 1.07. The van der Waals surface area contributed by atoms with Crippen LogP contribution in [0.3, 0.4) is 0 Å². The number of amides is 1. The molecular formula is C24H22N4O3. The van der Waals surface area contributed by atoms with Crippen LogP contribution >= 0.6 is 0 Å². The Morgan fingerprint density at radius 2 is 1.90 bits per heavy atom. The van der Waals surface area contributed by atoms with Crippen molar-refractivity contribution in [1.82, 2.24) is 19.4 Å². The molecule has 0 bridgehead atoms. The maximum Gasteiger partial charge on any atom is 0.273 e. The van der Waals surface area contributed by atoms with Crippen molar-refractivity contribution in [1.29, 1.82) is 0 Å². The summed E-state index contributed by atoms with van der Waals surface area (Å²) in [5.74, 6) is 2.02. The summed E-state index contributed by atoms with van der Waals surface area (Å²) in [6, 6.07) is 19.0. The highest BCUT2D eigenvalue weighted by molar-refractivity contribution is 5.94. The maximum absolute atomic E-state index is 13.5. The number of hydrogen-bond donors (Lipinski definition) is 0. The second kappa shape index (κ2) is 8.10. The number of carbonyl (C=O) groups excluding carboxylic acids is 1. The third kappa shape index (κ3) is 3.94. The highest BCUT2D eigenvalue weighted by atomic mass is 16.6. The zero-order chi connectivity index (χ0) is 21.2. The van der Waals surface area contributed by atoms with Crippen molar-refractivity contribution < 1.29 is 14.3 Å². The fourth-order valence-electron chi connectivity index (χ4n) is 3.68. The lowest BCUT2D eigenvalue weighted by Crippen LogP contribution is -2.44. The molecule has 31 heavy (non-hydrogen) atoms. The van der Waals surface area contributed by atoms with Gasteiger partial charge in [0.15, 0.2) is 17.6 Å². The number of ether oxygens (including phenoxy) is 2. The third-order valence-electron chi connectivity index (χ3n) is 5.35. The second-order valence-electron chi connectivity index (χ2n) is 7.53. The van der Waals surface area contributed by atoms with Gasteiger partial charge in [-0.2, -0.15) is 0 Å². The van der Waals surface area contributed by atoms with E-state index in [0.29, 0.717) is 31.1 Å². The molecule has 4 aromatic rings. The van der Waals surface area contributed by atoms with E-state index >= 15 is 0 Å². The summed E-state index contributed by atoms with van der Waals surface area (Å²) in [6.07, 6.45) is 3.30. The lowest BCUT2D eigenvalue weighted by molar-refractivity contribution is 0.0433. The molecule has 2 aromatic carbocycles. The molecule has 2 aromatic heterocycles. The monoisotopic (exact) mass is 414 g/mol. The molecule has 156 valence electrons. The predicted molar refractivity (Wildman–Crippen MR) is 116 cm³/mol. The molecule has 3 heterocycles. The minimum atomic E-state index is -0.292. The number of pyridine rings is 1. The van der Waals surface area contributed by atoms with E-state index in [1.54, 1.807) is 17.2 Å². The highest BCUT2D eigenvalue weighted by Crippen LogP contribution is 2.31. The topological polar surface area (TPSA) is 69.5 Å². The Bertz CT molecular complexity index is 1240. The van der Waals surface area contributed by atoms with Gasteiger partial charge in [-0.1, -0.05) is 36.4 Å². The largest absolute Gasteiger partial charge is 0.486 e. The maximum atomic E-state index is 13.5. The van der Waals surface area contributed by atoms with Gasteiger partial charge in [-0.05, 0) is 24.3 Å². The average Bonchev–Trinajstić information content (AvgIpc) is 3.22. The number of aromatic nitrogens is 3. The fraction of sp³-hybridized carbons (Fsp3) is 0.208. The van der Waals surface area contributed by atoms with Crippen LogP contribution in [0, 0.1) is 0 Å². The molecule has 0 saturated carbocycles. The Kier molecular flexibility index (Phi) is 5.00. The van der Waals surface area contributed by atoms with Gasteiger partial charge in [-0.25, -0.2) is 9.97 Å². The number of imidazole rings is 1. The van der Waals surface area contributed by atoms with Crippen molar-refractivity contribution in [3.63, 3.8) is 0 Å². The van der Waals surface area contributed by atoms with Crippen LogP contribution < -0.4 is 9.47 Å². The van der Waals surface area contributed by atoms with Crippen LogP contribution in [0.5, 0.6) is 11.5 Å². The molecule has 5 rings (SSSR count). The van der Waals surface area contributed by atoms with Crippen molar-refractivity contribution in [3.05, 3.63) is 84.6 Å². The minimum Gasteiger partial charge on any atom is -0.486 e. The first-order valence-corrected chi connectivity index (χ1v) is 10.2. The molecule has 0 N–H and O–H groups in total. The standard InChI is InChI=1S/C24H22N4O3/c1-27-13-12-25-23(27)15-28(14-18-16-30-21-8-4-5-9-22(21)31-18)24(29)20-11-10-17-6-2-3-7-19(17)26-20/h2-13,18H,14-16H2,1H3/t18-/m1/s1. The van der Waals surface area contributed by atoms with Crippen LogP contribution in [0.2, 0.25) is 0 Å². The number of para-hydroxylation sites is 3. The van der Waals surface area contributed by atoms with Crippen LogP contribution in [-0.2, 0) is 13.6 Å². The Morgan fingerprint density at radius 3 is 2.74 bits per heavy atom. The van der Waals surface area contributed by atoms with Gasteiger partial charge in [0.25, 0.3) is 5.91 Å². The molecule has 7 nitrogen and oxygen atoms in total. The van der Waals surface area contributed by atoms with Crippen LogP contribution in [-0.4, -0.2) is 44.6 Å². The van der Waals surface area contributed by atoms with Gasteiger partial charge < -0.3 is 18.9 Å². The third-order valence-corrected chi connectivity index (χ3v) is 5.35. The van der Waals surface area contributed by atoms with Crippen molar-refractivity contribution >= 4 is 16.8 Å². The van der Waals surface area contributed by atoms with Crippen molar-refractivity contribution in [2.75, 3.05) is 13.2 Å². The number of benzene rings is 2.